The predicted molar refractivity (Wildman–Crippen MR) is 70.3 cm³/mol. The summed E-state index contributed by atoms with van der Waals surface area (Å²) in [5, 5.41) is 0. The summed E-state index contributed by atoms with van der Waals surface area (Å²) in [5.74, 6) is 0.701. The quantitative estimate of drug-likeness (QED) is 0.704. The predicted octanol–water partition coefficient (Wildman–Crippen LogP) is 2.14. The van der Waals surface area contributed by atoms with Crippen molar-refractivity contribution >= 4 is 0 Å². The van der Waals surface area contributed by atoms with Crippen molar-refractivity contribution in [3.63, 3.8) is 0 Å². The molecule has 0 aromatic heterocycles. The van der Waals surface area contributed by atoms with Gasteiger partial charge in [0, 0.05) is 5.54 Å². The molecular formula is C13H30N2O. The largest absolute Gasteiger partial charge is 0.375 e. The summed E-state index contributed by atoms with van der Waals surface area (Å²) in [5.41, 5.74) is 11.5. The summed E-state index contributed by atoms with van der Waals surface area (Å²) in [6, 6.07) is 0. The van der Waals surface area contributed by atoms with Gasteiger partial charge in [-0.05, 0) is 45.6 Å². The van der Waals surface area contributed by atoms with Gasteiger partial charge in [0.25, 0.3) is 0 Å². The Kier molecular flexibility index (Phi) is 5.94. The molecule has 0 amide bonds. The molecule has 0 saturated heterocycles. The van der Waals surface area contributed by atoms with Crippen LogP contribution in [0.15, 0.2) is 0 Å². The van der Waals surface area contributed by atoms with Crippen molar-refractivity contribution in [2.75, 3.05) is 13.2 Å². The van der Waals surface area contributed by atoms with E-state index in [1.54, 1.807) is 0 Å². The maximum atomic E-state index is 6.19. The van der Waals surface area contributed by atoms with Gasteiger partial charge in [-0.1, -0.05) is 20.8 Å². The Labute approximate surface area is 101 Å². The maximum absolute atomic E-state index is 6.19. The Morgan fingerprint density at radius 2 is 1.62 bits per heavy atom. The second kappa shape index (κ2) is 5.99. The monoisotopic (exact) mass is 230 g/mol. The van der Waals surface area contributed by atoms with Crippen LogP contribution in [0.4, 0.5) is 0 Å². The highest BCUT2D eigenvalue weighted by Gasteiger charge is 2.30. The van der Waals surface area contributed by atoms with E-state index < -0.39 is 0 Å². The smallest absolute Gasteiger partial charge is 0.0664 e. The topological polar surface area (TPSA) is 61.3 Å². The zero-order valence-electron chi connectivity index (χ0n) is 11.8. The first kappa shape index (κ1) is 15.9. The van der Waals surface area contributed by atoms with Crippen molar-refractivity contribution in [1.82, 2.24) is 0 Å². The van der Waals surface area contributed by atoms with Gasteiger partial charge < -0.3 is 16.2 Å². The first-order chi connectivity index (χ1) is 7.17. The van der Waals surface area contributed by atoms with Gasteiger partial charge in [-0.3, -0.25) is 0 Å². The van der Waals surface area contributed by atoms with Crippen molar-refractivity contribution < 1.29 is 4.74 Å². The Morgan fingerprint density at radius 1 is 1.12 bits per heavy atom. The van der Waals surface area contributed by atoms with E-state index in [4.69, 9.17) is 16.2 Å². The molecule has 16 heavy (non-hydrogen) atoms. The first-order valence-corrected chi connectivity index (χ1v) is 6.30. The Hall–Kier alpha value is -0.120. The van der Waals surface area contributed by atoms with Crippen molar-refractivity contribution in [2.45, 2.75) is 59.1 Å². The average Bonchev–Trinajstić information content (AvgIpc) is 2.24. The number of hydrogen-bond acceptors (Lipinski definition) is 3. The number of rotatable bonds is 7. The highest BCUT2D eigenvalue weighted by molar-refractivity contribution is 4.84. The fourth-order valence-corrected chi connectivity index (χ4v) is 1.30. The van der Waals surface area contributed by atoms with Crippen LogP contribution in [0.1, 0.15) is 48.0 Å². The van der Waals surface area contributed by atoms with Crippen LogP contribution in [-0.4, -0.2) is 24.3 Å². The SMILES string of the molecule is CCC(C)(N)C(C)COC(C)(C)C(C)CN. The van der Waals surface area contributed by atoms with E-state index in [1.165, 1.54) is 0 Å². The Bertz CT molecular complexity index is 202. The third-order valence-corrected chi connectivity index (χ3v) is 4.13. The standard InChI is InChI=1S/C13H30N2O/c1-7-13(6,15)11(3)9-16-12(4,5)10(2)8-14/h10-11H,7-9,14-15H2,1-6H3. The van der Waals surface area contributed by atoms with Crippen LogP contribution >= 0.6 is 0 Å². The van der Waals surface area contributed by atoms with Crippen molar-refractivity contribution in [1.29, 1.82) is 0 Å². The maximum Gasteiger partial charge on any atom is 0.0664 e. The second-order valence-electron chi connectivity index (χ2n) is 5.81. The molecule has 3 nitrogen and oxygen atoms in total. The first-order valence-electron chi connectivity index (χ1n) is 6.30. The molecule has 0 fully saturated rings. The molecule has 0 aliphatic carbocycles. The number of hydrogen-bond donors (Lipinski definition) is 2. The zero-order valence-corrected chi connectivity index (χ0v) is 11.8. The van der Waals surface area contributed by atoms with E-state index in [9.17, 15) is 0 Å². The molecule has 0 aromatic rings. The summed E-state index contributed by atoms with van der Waals surface area (Å²) in [6.07, 6.45) is 0.963. The molecule has 0 rings (SSSR count). The van der Waals surface area contributed by atoms with Gasteiger partial charge in [0.1, 0.15) is 0 Å². The molecule has 4 N–H and O–H groups in total. The fraction of sp³-hybridized carbons (Fsp3) is 1.00. The van der Waals surface area contributed by atoms with E-state index in [0.29, 0.717) is 25.0 Å². The summed E-state index contributed by atoms with van der Waals surface area (Å²) >= 11 is 0. The Morgan fingerprint density at radius 3 is 2.00 bits per heavy atom. The molecule has 0 aromatic carbocycles. The summed E-state index contributed by atoms with van der Waals surface area (Å²) in [4.78, 5) is 0. The molecule has 3 atom stereocenters. The normalized spacial score (nSPS) is 20.2. The molecule has 0 aliphatic rings. The molecule has 0 aliphatic heterocycles. The molecule has 3 heteroatoms. The van der Waals surface area contributed by atoms with Crippen LogP contribution < -0.4 is 11.5 Å². The number of ether oxygens (including phenoxy) is 1. The lowest BCUT2D eigenvalue weighted by Gasteiger charge is -2.36. The van der Waals surface area contributed by atoms with Crippen molar-refractivity contribution in [2.24, 2.45) is 23.3 Å². The van der Waals surface area contributed by atoms with E-state index in [-0.39, 0.29) is 11.1 Å². The summed E-state index contributed by atoms with van der Waals surface area (Å²) in [7, 11) is 0. The van der Waals surface area contributed by atoms with E-state index in [0.717, 1.165) is 6.42 Å². The molecule has 3 unspecified atom stereocenters. The lowest BCUT2D eigenvalue weighted by atomic mass is 9.85. The van der Waals surface area contributed by atoms with Crippen molar-refractivity contribution in [3.8, 4) is 0 Å². The molecule has 0 saturated carbocycles. The number of nitrogens with two attached hydrogens (primary N) is 2. The third-order valence-electron chi connectivity index (χ3n) is 4.13. The van der Waals surface area contributed by atoms with Crippen LogP contribution in [-0.2, 0) is 4.74 Å². The fourth-order valence-electron chi connectivity index (χ4n) is 1.30. The second-order valence-corrected chi connectivity index (χ2v) is 5.81. The van der Waals surface area contributed by atoms with Gasteiger partial charge in [0.2, 0.25) is 0 Å². The lowest BCUT2D eigenvalue weighted by Crippen LogP contribution is -2.46. The van der Waals surface area contributed by atoms with Crippen LogP contribution in [0.5, 0.6) is 0 Å². The van der Waals surface area contributed by atoms with Crippen LogP contribution in [0.2, 0.25) is 0 Å². The molecule has 0 spiro atoms. The minimum absolute atomic E-state index is 0.151. The van der Waals surface area contributed by atoms with Gasteiger partial charge in [-0.2, -0.15) is 0 Å². The zero-order chi connectivity index (χ0) is 13.0. The highest BCUT2D eigenvalue weighted by Crippen LogP contribution is 2.24. The summed E-state index contributed by atoms with van der Waals surface area (Å²) < 4.78 is 5.97. The van der Waals surface area contributed by atoms with Gasteiger partial charge in [-0.15, -0.1) is 0 Å². The summed E-state index contributed by atoms with van der Waals surface area (Å²) in [6.45, 7) is 14.0. The minimum atomic E-state index is -0.174. The molecule has 98 valence electrons. The average molecular weight is 230 g/mol. The Balaban J connectivity index is 4.24. The van der Waals surface area contributed by atoms with Gasteiger partial charge in [-0.25, -0.2) is 0 Å². The minimum Gasteiger partial charge on any atom is -0.375 e. The highest BCUT2D eigenvalue weighted by atomic mass is 16.5. The van der Waals surface area contributed by atoms with E-state index in [1.807, 2.05) is 0 Å². The van der Waals surface area contributed by atoms with Gasteiger partial charge in [0.15, 0.2) is 0 Å². The molecule has 0 radical (unpaired) electrons. The van der Waals surface area contributed by atoms with E-state index >= 15 is 0 Å². The van der Waals surface area contributed by atoms with E-state index in [2.05, 4.69) is 41.5 Å². The molecular weight excluding hydrogens is 200 g/mol. The third kappa shape index (κ3) is 4.40. The lowest BCUT2D eigenvalue weighted by molar-refractivity contribution is -0.0732. The van der Waals surface area contributed by atoms with Gasteiger partial charge >= 0.3 is 0 Å². The van der Waals surface area contributed by atoms with Crippen LogP contribution in [0.25, 0.3) is 0 Å². The van der Waals surface area contributed by atoms with Crippen molar-refractivity contribution in [3.05, 3.63) is 0 Å². The van der Waals surface area contributed by atoms with Gasteiger partial charge in [0.05, 0.1) is 12.2 Å². The molecule has 0 bridgehead atoms. The van der Waals surface area contributed by atoms with Crippen LogP contribution in [0.3, 0.4) is 0 Å². The van der Waals surface area contributed by atoms with Crippen LogP contribution in [0, 0.1) is 11.8 Å². The molecule has 0 heterocycles.